The molecule has 0 saturated carbocycles. The lowest BCUT2D eigenvalue weighted by Gasteiger charge is -2.10. The van der Waals surface area contributed by atoms with Crippen LogP contribution in [0, 0.1) is 0 Å². The summed E-state index contributed by atoms with van der Waals surface area (Å²) in [5.74, 6) is 0. The summed E-state index contributed by atoms with van der Waals surface area (Å²) in [6.07, 6.45) is 2.43. The highest BCUT2D eigenvalue weighted by molar-refractivity contribution is 7.13. The molecule has 0 spiro atoms. The van der Waals surface area contributed by atoms with Crippen molar-refractivity contribution in [3.63, 3.8) is 0 Å². The maximum atomic E-state index is 10.5. The second-order valence-electron chi connectivity index (χ2n) is 2.58. The van der Waals surface area contributed by atoms with Gasteiger partial charge in [0.1, 0.15) is 6.29 Å². The van der Waals surface area contributed by atoms with E-state index in [4.69, 9.17) is 11.6 Å². The quantitative estimate of drug-likeness (QED) is 0.463. The Balaban J connectivity index is 2.66. The van der Waals surface area contributed by atoms with Crippen LogP contribution in [0.5, 0.6) is 0 Å². The van der Waals surface area contributed by atoms with Crippen molar-refractivity contribution in [2.75, 3.05) is 13.1 Å². The van der Waals surface area contributed by atoms with Gasteiger partial charge < -0.3 is 0 Å². The maximum Gasteiger partial charge on any atom is 0.147 e. The molecule has 0 fully saturated rings. The molecule has 1 atom stereocenters. The molecule has 0 aromatic heterocycles. The molecule has 0 saturated heterocycles. The maximum absolute atomic E-state index is 10.5. The van der Waals surface area contributed by atoms with E-state index in [0.29, 0.717) is 0 Å². The first-order valence-electron chi connectivity index (χ1n) is 3.56. The minimum atomic E-state index is 0.727. The Hall–Kier alpha value is 0.0900. The molecule has 62 valence electrons. The number of nitrogens with zero attached hydrogens (tertiary/aromatic N) is 1. The van der Waals surface area contributed by atoms with Gasteiger partial charge in [0.05, 0.1) is 0 Å². The van der Waals surface area contributed by atoms with Crippen molar-refractivity contribution in [2.45, 2.75) is 12.8 Å². The van der Waals surface area contributed by atoms with Crippen LogP contribution >= 0.6 is 21.0 Å². The molecular formula is C7H11ClNOP. The number of carbonyl (C=O) groups is 1. The molecule has 4 heteroatoms. The van der Waals surface area contributed by atoms with E-state index in [2.05, 4.69) is 14.1 Å². The molecule has 2 nitrogen and oxygen atoms in total. The fraction of sp³-hybridized carbons (Fsp3) is 0.571. The smallest absolute Gasteiger partial charge is 0.147 e. The van der Waals surface area contributed by atoms with Crippen LogP contribution in [0.25, 0.3) is 0 Å². The van der Waals surface area contributed by atoms with Crippen molar-refractivity contribution in [1.29, 1.82) is 0 Å². The molecule has 0 aromatic carbocycles. The van der Waals surface area contributed by atoms with Crippen molar-refractivity contribution in [3.8, 4) is 0 Å². The van der Waals surface area contributed by atoms with Gasteiger partial charge in [0.2, 0.25) is 0 Å². The van der Waals surface area contributed by atoms with E-state index >= 15 is 0 Å². The Morgan fingerprint density at radius 3 is 2.73 bits per heavy atom. The lowest BCUT2D eigenvalue weighted by atomic mass is 10.2. The zero-order valence-corrected chi connectivity index (χ0v) is 8.13. The van der Waals surface area contributed by atoms with Crippen molar-refractivity contribution < 1.29 is 4.79 Å². The lowest BCUT2D eigenvalue weighted by molar-refractivity contribution is -0.105. The largest absolute Gasteiger partial charge is 0.298 e. The minimum absolute atomic E-state index is 0.727. The molecule has 1 aliphatic heterocycles. The third-order valence-corrected chi connectivity index (χ3v) is 2.73. The molecular weight excluding hydrogens is 181 g/mol. The molecule has 11 heavy (non-hydrogen) atoms. The highest BCUT2D eigenvalue weighted by Crippen LogP contribution is 2.21. The van der Waals surface area contributed by atoms with Crippen molar-refractivity contribution in [2.24, 2.45) is 0 Å². The fourth-order valence-electron chi connectivity index (χ4n) is 1.04. The van der Waals surface area contributed by atoms with Gasteiger partial charge in [-0.1, -0.05) is 21.0 Å². The number of rotatable bonds is 1. The van der Waals surface area contributed by atoms with E-state index in [1.807, 2.05) is 0 Å². The average molecular weight is 192 g/mol. The van der Waals surface area contributed by atoms with Crippen LogP contribution in [0.1, 0.15) is 12.8 Å². The van der Waals surface area contributed by atoms with Crippen LogP contribution in [0.2, 0.25) is 0 Å². The fourth-order valence-corrected chi connectivity index (χ4v) is 1.52. The summed E-state index contributed by atoms with van der Waals surface area (Å²) in [5.41, 5.74) is 0.761. The Morgan fingerprint density at radius 2 is 2.09 bits per heavy atom. The van der Waals surface area contributed by atoms with Gasteiger partial charge in [-0.15, -0.1) is 0 Å². The van der Waals surface area contributed by atoms with Crippen molar-refractivity contribution in [1.82, 2.24) is 4.67 Å². The summed E-state index contributed by atoms with van der Waals surface area (Å²) in [6, 6.07) is 0. The van der Waals surface area contributed by atoms with Crippen molar-refractivity contribution >= 4 is 27.3 Å². The number of carbonyl (C=O) groups excluding carboxylic acids is 1. The number of aldehydes is 1. The summed E-state index contributed by atoms with van der Waals surface area (Å²) < 4.78 is 2.10. The number of halogens is 1. The summed E-state index contributed by atoms with van der Waals surface area (Å²) in [6.45, 7) is 1.82. The van der Waals surface area contributed by atoms with Crippen molar-refractivity contribution in [3.05, 3.63) is 10.6 Å². The Bertz CT molecular complexity index is 193. The first kappa shape index (κ1) is 9.18. The van der Waals surface area contributed by atoms with E-state index in [-0.39, 0.29) is 0 Å². The molecule has 1 heterocycles. The summed E-state index contributed by atoms with van der Waals surface area (Å²) >= 11 is 5.86. The van der Waals surface area contributed by atoms with Gasteiger partial charge in [0.25, 0.3) is 0 Å². The van der Waals surface area contributed by atoms with E-state index in [1.54, 1.807) is 0 Å². The van der Waals surface area contributed by atoms with E-state index in [1.165, 1.54) is 0 Å². The third kappa shape index (κ3) is 2.55. The predicted octanol–water partition coefficient (Wildman–Crippen LogP) is 1.56. The molecule has 0 aliphatic carbocycles. The zero-order chi connectivity index (χ0) is 8.27. The molecule has 1 aliphatic rings. The summed E-state index contributed by atoms with van der Waals surface area (Å²) in [7, 11) is 2.62. The minimum Gasteiger partial charge on any atom is -0.298 e. The number of hydrogen-bond acceptors (Lipinski definition) is 2. The topological polar surface area (TPSA) is 20.3 Å². The molecule has 0 amide bonds. The second-order valence-corrected chi connectivity index (χ2v) is 3.77. The molecule has 0 N–H and O–H groups in total. The van der Waals surface area contributed by atoms with Crippen LogP contribution in [-0.2, 0) is 4.79 Å². The first-order chi connectivity index (χ1) is 5.24. The zero-order valence-electron chi connectivity index (χ0n) is 6.22. The molecule has 1 rings (SSSR count). The third-order valence-electron chi connectivity index (χ3n) is 1.78. The predicted molar refractivity (Wildman–Crippen MR) is 49.5 cm³/mol. The van der Waals surface area contributed by atoms with E-state index in [9.17, 15) is 4.79 Å². The Kier molecular flexibility index (Phi) is 3.50. The highest BCUT2D eigenvalue weighted by Gasteiger charge is 2.11. The van der Waals surface area contributed by atoms with Gasteiger partial charge in [-0.2, -0.15) is 0 Å². The normalized spacial score (nSPS) is 21.6. The molecule has 0 aromatic rings. The van der Waals surface area contributed by atoms with Crippen LogP contribution in [0.4, 0.5) is 0 Å². The van der Waals surface area contributed by atoms with Gasteiger partial charge in [0.15, 0.2) is 0 Å². The average Bonchev–Trinajstić information content (AvgIpc) is 2.15. The Labute approximate surface area is 73.8 Å². The highest BCUT2D eigenvalue weighted by atomic mass is 35.5. The molecule has 0 bridgehead atoms. The summed E-state index contributed by atoms with van der Waals surface area (Å²) in [4.78, 5) is 10.5. The SMILES string of the molecule is O=CC1=C(Cl)CCN(P)CC1. The lowest BCUT2D eigenvalue weighted by Crippen LogP contribution is -2.11. The van der Waals surface area contributed by atoms with Crippen LogP contribution in [0.3, 0.4) is 0 Å². The van der Waals surface area contributed by atoms with E-state index in [0.717, 1.165) is 42.8 Å². The van der Waals surface area contributed by atoms with Gasteiger partial charge >= 0.3 is 0 Å². The molecule has 1 unspecified atom stereocenters. The monoisotopic (exact) mass is 191 g/mol. The van der Waals surface area contributed by atoms with Gasteiger partial charge in [-0.25, -0.2) is 0 Å². The molecule has 0 radical (unpaired) electrons. The van der Waals surface area contributed by atoms with Gasteiger partial charge in [-0.05, 0) is 12.8 Å². The van der Waals surface area contributed by atoms with Crippen LogP contribution in [0.15, 0.2) is 10.6 Å². The van der Waals surface area contributed by atoms with Crippen LogP contribution < -0.4 is 0 Å². The van der Waals surface area contributed by atoms with Gasteiger partial charge in [-0.3, -0.25) is 9.46 Å². The Morgan fingerprint density at radius 1 is 1.45 bits per heavy atom. The van der Waals surface area contributed by atoms with E-state index < -0.39 is 0 Å². The second kappa shape index (κ2) is 4.20. The first-order valence-corrected chi connectivity index (χ1v) is 4.46. The standard InChI is InChI=1S/C7H11ClNOP/c8-7-2-4-9(11)3-1-6(7)5-10/h5H,1-4,11H2. The van der Waals surface area contributed by atoms with Crippen LogP contribution in [-0.4, -0.2) is 24.0 Å². The summed E-state index contributed by atoms with van der Waals surface area (Å²) in [5, 5.41) is 0.727. The number of hydrogen-bond donors (Lipinski definition) is 0. The van der Waals surface area contributed by atoms with Gasteiger partial charge in [0, 0.05) is 23.7 Å².